The molecule has 0 unspecified atom stereocenters. The van der Waals surface area contributed by atoms with E-state index < -0.39 is 0 Å². The Morgan fingerprint density at radius 2 is 2.10 bits per heavy atom. The van der Waals surface area contributed by atoms with Gasteiger partial charge in [-0.15, -0.1) is 0 Å². The summed E-state index contributed by atoms with van der Waals surface area (Å²) < 4.78 is 6.99. The topological polar surface area (TPSA) is 38.5 Å². The molecule has 1 saturated carbocycles. The first-order valence-electron chi connectivity index (χ1n) is 7.50. The summed E-state index contributed by atoms with van der Waals surface area (Å²) >= 11 is 3.62. The second-order valence-corrected chi connectivity index (χ2v) is 7.06. The predicted octanol–water partition coefficient (Wildman–Crippen LogP) is 3.09. The number of hydrogen-bond donors (Lipinski definition) is 1. The van der Waals surface area contributed by atoms with Crippen molar-refractivity contribution in [3.05, 3.63) is 27.7 Å². The zero-order chi connectivity index (χ0) is 14.2. The number of fused-ring (bicyclic) bond motifs is 1. The van der Waals surface area contributed by atoms with E-state index in [4.69, 9.17) is 10.5 Å². The Labute approximate surface area is 129 Å². The Hall–Kier alpha value is -0.580. The summed E-state index contributed by atoms with van der Waals surface area (Å²) in [6.45, 7) is 2.48. The molecule has 0 radical (unpaired) electrons. The number of benzene rings is 1. The van der Waals surface area contributed by atoms with Gasteiger partial charge < -0.3 is 10.5 Å². The van der Waals surface area contributed by atoms with Crippen molar-refractivity contribution in [2.45, 2.75) is 44.2 Å². The largest absolute Gasteiger partial charge is 0.493 e. The molecule has 0 spiro atoms. The van der Waals surface area contributed by atoms with Crippen molar-refractivity contribution in [1.29, 1.82) is 0 Å². The van der Waals surface area contributed by atoms with Gasteiger partial charge in [-0.3, -0.25) is 4.90 Å². The monoisotopic (exact) mass is 338 g/mol. The molecule has 0 aromatic heterocycles. The number of nitrogens with two attached hydrogens (primary N) is 1. The first-order chi connectivity index (χ1) is 9.64. The third-order valence-corrected chi connectivity index (χ3v) is 5.41. The Kier molecular flexibility index (Phi) is 4.07. The Bertz CT molecular complexity index is 497. The first-order valence-corrected chi connectivity index (χ1v) is 8.29. The van der Waals surface area contributed by atoms with Crippen LogP contribution in [0.15, 0.2) is 16.6 Å². The fraction of sp³-hybridized carbons (Fsp3) is 0.625. The van der Waals surface area contributed by atoms with Gasteiger partial charge in [-0.2, -0.15) is 0 Å². The van der Waals surface area contributed by atoms with Crippen LogP contribution in [-0.2, 0) is 13.0 Å². The molecule has 1 aliphatic carbocycles. The van der Waals surface area contributed by atoms with Gasteiger partial charge in [0.15, 0.2) is 0 Å². The summed E-state index contributed by atoms with van der Waals surface area (Å²) in [5.74, 6) is 1.10. The highest BCUT2D eigenvalue weighted by molar-refractivity contribution is 9.10. The minimum Gasteiger partial charge on any atom is -0.493 e. The molecule has 0 amide bonds. The van der Waals surface area contributed by atoms with E-state index in [1.807, 2.05) is 0 Å². The summed E-state index contributed by atoms with van der Waals surface area (Å²) in [5.41, 5.74) is 8.89. The lowest BCUT2D eigenvalue weighted by Crippen LogP contribution is -2.49. The molecule has 0 atom stereocenters. The zero-order valence-electron chi connectivity index (χ0n) is 12.1. The molecule has 2 aliphatic rings. The molecule has 3 nitrogen and oxygen atoms in total. The highest BCUT2D eigenvalue weighted by Gasteiger charge is 2.36. The maximum Gasteiger partial charge on any atom is 0.127 e. The number of nitrogens with zero attached hydrogens (tertiary/aromatic N) is 1. The van der Waals surface area contributed by atoms with E-state index in [9.17, 15) is 0 Å². The molecule has 1 aromatic rings. The average molecular weight is 339 g/mol. The van der Waals surface area contributed by atoms with Gasteiger partial charge in [-0.1, -0.05) is 28.8 Å². The molecule has 0 bridgehead atoms. The van der Waals surface area contributed by atoms with E-state index in [-0.39, 0.29) is 5.54 Å². The van der Waals surface area contributed by atoms with Crippen molar-refractivity contribution < 1.29 is 4.74 Å². The number of hydrogen-bond acceptors (Lipinski definition) is 3. The molecule has 2 N–H and O–H groups in total. The lowest BCUT2D eigenvalue weighted by Gasteiger charge is -2.38. The van der Waals surface area contributed by atoms with E-state index in [1.54, 1.807) is 0 Å². The molecule has 1 aromatic carbocycles. The van der Waals surface area contributed by atoms with Gasteiger partial charge in [-0.25, -0.2) is 0 Å². The van der Waals surface area contributed by atoms with E-state index in [0.29, 0.717) is 0 Å². The molecule has 1 fully saturated rings. The Balaban J connectivity index is 1.84. The van der Waals surface area contributed by atoms with Crippen LogP contribution in [0.3, 0.4) is 0 Å². The minimum atomic E-state index is 0.188. The lowest BCUT2D eigenvalue weighted by atomic mass is 9.95. The summed E-state index contributed by atoms with van der Waals surface area (Å²) in [6, 6.07) is 4.37. The molecule has 20 heavy (non-hydrogen) atoms. The van der Waals surface area contributed by atoms with Crippen LogP contribution in [-0.4, -0.2) is 30.6 Å². The summed E-state index contributed by atoms with van der Waals surface area (Å²) in [7, 11) is 2.21. The van der Waals surface area contributed by atoms with Crippen molar-refractivity contribution in [2.75, 3.05) is 20.2 Å². The predicted molar refractivity (Wildman–Crippen MR) is 85.1 cm³/mol. The minimum absolute atomic E-state index is 0.188. The van der Waals surface area contributed by atoms with Crippen molar-refractivity contribution >= 4 is 15.9 Å². The van der Waals surface area contributed by atoms with Crippen molar-refractivity contribution in [3.63, 3.8) is 0 Å². The highest BCUT2D eigenvalue weighted by Crippen LogP contribution is 2.38. The fourth-order valence-corrected chi connectivity index (χ4v) is 4.21. The normalized spacial score (nSPS) is 20.2. The van der Waals surface area contributed by atoms with Crippen LogP contribution in [0.5, 0.6) is 5.75 Å². The molecular formula is C16H23BrN2O. The van der Waals surface area contributed by atoms with Gasteiger partial charge in [0.05, 0.1) is 6.61 Å². The first kappa shape index (κ1) is 14.4. The van der Waals surface area contributed by atoms with Gasteiger partial charge in [0.25, 0.3) is 0 Å². The summed E-state index contributed by atoms with van der Waals surface area (Å²) in [5, 5.41) is 0. The van der Waals surface area contributed by atoms with Gasteiger partial charge >= 0.3 is 0 Å². The number of ether oxygens (including phenoxy) is 1. The molecule has 1 heterocycles. The van der Waals surface area contributed by atoms with Crippen LogP contribution in [0.2, 0.25) is 0 Å². The quantitative estimate of drug-likeness (QED) is 0.916. The second-order valence-electron chi connectivity index (χ2n) is 6.14. The maximum atomic E-state index is 6.08. The van der Waals surface area contributed by atoms with E-state index in [0.717, 1.165) is 36.3 Å². The summed E-state index contributed by atoms with van der Waals surface area (Å²) in [4.78, 5) is 2.45. The Morgan fingerprint density at radius 1 is 1.35 bits per heavy atom. The third-order valence-electron chi connectivity index (χ3n) is 4.96. The number of rotatable bonds is 4. The van der Waals surface area contributed by atoms with Crippen LogP contribution in [0.25, 0.3) is 0 Å². The molecule has 3 rings (SSSR count). The van der Waals surface area contributed by atoms with E-state index >= 15 is 0 Å². The lowest BCUT2D eigenvalue weighted by molar-refractivity contribution is 0.122. The summed E-state index contributed by atoms with van der Waals surface area (Å²) in [6.07, 6.45) is 6.06. The SMILES string of the molecule is CN(Cc1cc(Br)cc2c1OCC2)C1(CN)CCCC1. The zero-order valence-corrected chi connectivity index (χ0v) is 13.7. The van der Waals surface area contributed by atoms with Crippen LogP contribution >= 0.6 is 15.9 Å². The van der Waals surface area contributed by atoms with Gasteiger partial charge in [0.2, 0.25) is 0 Å². The molecule has 110 valence electrons. The average Bonchev–Trinajstić information content (AvgIpc) is 3.07. The third kappa shape index (κ3) is 2.49. The number of halogens is 1. The highest BCUT2D eigenvalue weighted by atomic mass is 79.9. The van der Waals surface area contributed by atoms with Gasteiger partial charge in [0.1, 0.15) is 5.75 Å². The van der Waals surface area contributed by atoms with Crippen LogP contribution < -0.4 is 10.5 Å². The van der Waals surface area contributed by atoms with Gasteiger partial charge in [0, 0.05) is 35.1 Å². The second kappa shape index (κ2) is 5.66. The van der Waals surface area contributed by atoms with Crippen LogP contribution in [0, 0.1) is 0 Å². The van der Waals surface area contributed by atoms with Crippen LogP contribution in [0.1, 0.15) is 36.8 Å². The van der Waals surface area contributed by atoms with E-state index in [2.05, 4.69) is 40.0 Å². The van der Waals surface area contributed by atoms with E-state index in [1.165, 1.54) is 36.8 Å². The van der Waals surface area contributed by atoms with Crippen molar-refractivity contribution in [3.8, 4) is 5.75 Å². The smallest absolute Gasteiger partial charge is 0.127 e. The maximum absolute atomic E-state index is 6.08. The Morgan fingerprint density at radius 3 is 2.80 bits per heavy atom. The van der Waals surface area contributed by atoms with Gasteiger partial charge in [-0.05, 0) is 37.6 Å². The standard InChI is InChI=1S/C16H23BrN2O/c1-19(16(11-18)5-2-3-6-16)10-13-9-14(17)8-12-4-7-20-15(12)13/h8-9H,2-7,10-11,18H2,1H3. The van der Waals surface area contributed by atoms with Crippen molar-refractivity contribution in [1.82, 2.24) is 4.90 Å². The molecule has 0 saturated heterocycles. The number of likely N-dealkylation sites (N-methyl/N-ethyl adjacent to an activating group) is 1. The molecule has 1 aliphatic heterocycles. The van der Waals surface area contributed by atoms with Crippen molar-refractivity contribution in [2.24, 2.45) is 5.73 Å². The molecule has 4 heteroatoms. The van der Waals surface area contributed by atoms with Crippen LogP contribution in [0.4, 0.5) is 0 Å². The fourth-order valence-electron chi connectivity index (χ4n) is 3.66. The molecular weight excluding hydrogens is 316 g/mol.